The Morgan fingerprint density at radius 3 is 2.37 bits per heavy atom. The van der Waals surface area contributed by atoms with Crippen molar-refractivity contribution in [1.82, 2.24) is 10.6 Å². The number of phenolic OH excluding ortho intramolecular Hbond substituents is 1. The molecule has 4 rings (SSSR count). The molecule has 1 unspecified atom stereocenters. The highest BCUT2D eigenvalue weighted by Crippen LogP contribution is 2.31. The van der Waals surface area contributed by atoms with Gasteiger partial charge in [-0.2, -0.15) is 13.2 Å². The summed E-state index contributed by atoms with van der Waals surface area (Å²) in [4.78, 5) is 29.6. The highest BCUT2D eigenvalue weighted by atomic mass is 19.4. The van der Waals surface area contributed by atoms with Gasteiger partial charge in [-0.15, -0.1) is 0 Å². The zero-order valence-electron chi connectivity index (χ0n) is 25.8. The molecule has 3 aromatic carbocycles. The van der Waals surface area contributed by atoms with E-state index in [0.29, 0.717) is 23.2 Å². The number of rotatable bonds is 11. The van der Waals surface area contributed by atoms with Gasteiger partial charge in [-0.05, 0) is 105 Å². The summed E-state index contributed by atoms with van der Waals surface area (Å²) in [7, 11) is 0. The number of alkyl halides is 3. The van der Waals surface area contributed by atoms with E-state index in [2.05, 4.69) is 20.9 Å². The molecule has 1 saturated carbocycles. The summed E-state index contributed by atoms with van der Waals surface area (Å²) < 4.78 is 45.4. The first-order valence-corrected chi connectivity index (χ1v) is 14.8. The average molecular weight is 638 g/mol. The smallest absolute Gasteiger partial charge is 0.430 e. The third kappa shape index (κ3) is 10.7. The Kier molecular flexibility index (Phi) is 10.7. The molecule has 1 aliphatic rings. The van der Waals surface area contributed by atoms with E-state index in [1.54, 1.807) is 75.4 Å². The minimum absolute atomic E-state index is 0.0596. The van der Waals surface area contributed by atoms with Crippen LogP contribution in [0.15, 0.2) is 89.6 Å². The van der Waals surface area contributed by atoms with Crippen molar-refractivity contribution in [3.05, 3.63) is 101 Å². The number of allylic oxidation sites excluding steroid dienone is 1. The molecule has 0 saturated heterocycles. The summed E-state index contributed by atoms with van der Waals surface area (Å²) in [5.41, 5.74) is 5.31. The van der Waals surface area contributed by atoms with E-state index < -0.39 is 35.2 Å². The van der Waals surface area contributed by atoms with E-state index in [1.165, 1.54) is 12.1 Å². The van der Waals surface area contributed by atoms with Crippen LogP contribution in [-0.2, 0) is 16.1 Å². The number of anilines is 1. The van der Waals surface area contributed by atoms with Crippen LogP contribution in [0.4, 0.5) is 29.3 Å². The maximum absolute atomic E-state index is 13.4. The quantitative estimate of drug-likeness (QED) is 0.150. The number of halogens is 3. The van der Waals surface area contributed by atoms with E-state index in [4.69, 9.17) is 10.5 Å². The van der Waals surface area contributed by atoms with Gasteiger partial charge in [-0.25, -0.2) is 9.79 Å². The molecule has 0 bridgehead atoms. The van der Waals surface area contributed by atoms with Crippen molar-refractivity contribution in [2.24, 2.45) is 16.6 Å². The fraction of sp³-hybridized carbons (Fsp3) is 0.324. The van der Waals surface area contributed by atoms with Crippen LogP contribution in [-0.4, -0.2) is 41.1 Å². The number of aromatic hydroxyl groups is 1. The Hall–Kier alpha value is -4.84. The second kappa shape index (κ2) is 14.5. The fourth-order valence-corrected chi connectivity index (χ4v) is 4.43. The molecule has 0 spiro atoms. The number of alkyl carbamates (subject to hydrolysis) is 1. The first kappa shape index (κ1) is 34.0. The number of hydrogen-bond acceptors (Lipinski definition) is 7. The lowest BCUT2D eigenvalue weighted by molar-refractivity contribution is -0.110. The zero-order valence-corrected chi connectivity index (χ0v) is 25.8. The van der Waals surface area contributed by atoms with E-state index in [1.807, 2.05) is 6.07 Å². The monoisotopic (exact) mass is 637 g/mol. The number of carbonyl (C=O) groups excluding carboxylic acids is 2. The van der Waals surface area contributed by atoms with Crippen LogP contribution in [0, 0.1) is 5.92 Å². The average Bonchev–Trinajstić information content (AvgIpc) is 3.80. The third-order valence-electron chi connectivity index (χ3n) is 6.86. The minimum atomic E-state index is -4.88. The number of benzene rings is 3. The van der Waals surface area contributed by atoms with Gasteiger partial charge in [0.05, 0.1) is 11.7 Å². The van der Waals surface area contributed by atoms with Gasteiger partial charge in [0.1, 0.15) is 22.8 Å². The van der Waals surface area contributed by atoms with Crippen LogP contribution in [0.3, 0.4) is 0 Å². The van der Waals surface area contributed by atoms with E-state index in [0.717, 1.165) is 30.5 Å². The summed E-state index contributed by atoms with van der Waals surface area (Å²) in [6.45, 7) is 6.03. The lowest BCUT2D eigenvalue weighted by Crippen LogP contribution is -2.32. The van der Waals surface area contributed by atoms with E-state index in [9.17, 15) is 27.9 Å². The molecule has 9 nitrogen and oxygen atoms in total. The lowest BCUT2D eigenvalue weighted by atomic mass is 9.97. The Balaban J connectivity index is 1.58. The second-order valence-corrected chi connectivity index (χ2v) is 12.1. The van der Waals surface area contributed by atoms with Crippen molar-refractivity contribution >= 4 is 29.1 Å². The summed E-state index contributed by atoms with van der Waals surface area (Å²) in [5.74, 6) is -0.193. The topological polar surface area (TPSA) is 138 Å². The molecule has 12 heteroatoms. The van der Waals surface area contributed by atoms with Crippen LogP contribution in [0.5, 0.6) is 5.75 Å². The highest BCUT2D eigenvalue weighted by molar-refractivity contribution is 6.47. The normalized spacial score (nSPS) is 14.8. The fourth-order valence-electron chi connectivity index (χ4n) is 4.43. The van der Waals surface area contributed by atoms with Crippen molar-refractivity contribution in [3.63, 3.8) is 0 Å². The van der Waals surface area contributed by atoms with Crippen molar-refractivity contribution in [1.29, 1.82) is 0 Å². The molecule has 1 aliphatic carbocycles. The van der Waals surface area contributed by atoms with Gasteiger partial charge in [-0.1, -0.05) is 36.4 Å². The van der Waals surface area contributed by atoms with Gasteiger partial charge < -0.3 is 31.5 Å². The number of nitrogens with one attached hydrogen (secondary N) is 3. The Bertz CT molecular complexity index is 1590. The van der Waals surface area contributed by atoms with Crippen LogP contribution >= 0.6 is 0 Å². The predicted octanol–water partition coefficient (Wildman–Crippen LogP) is 6.62. The molecule has 1 fully saturated rings. The number of nitrogens with two attached hydrogens (primary N) is 1. The first-order chi connectivity index (χ1) is 21.7. The number of hydrogen-bond donors (Lipinski definition) is 5. The molecular weight excluding hydrogens is 599 g/mol. The van der Waals surface area contributed by atoms with Crippen molar-refractivity contribution in [2.45, 2.75) is 58.0 Å². The molecule has 0 aliphatic heterocycles. The Morgan fingerprint density at radius 2 is 1.72 bits per heavy atom. The minimum Gasteiger partial charge on any atom is -0.508 e. The lowest BCUT2D eigenvalue weighted by Gasteiger charge is -2.21. The Labute approximate surface area is 265 Å². The standard InChI is InChI=1S/C34H38F3N5O4/c1-33(2,3)46-32(45)40-20-22-6-4-8-25(16-22)41-28(18-29(38)34(35,36)37)31(44)42-26-9-5-7-24(17-26)30(39-19-21-10-11-21)23-12-14-27(43)15-13-23/h4-9,12-18,21,30,39,43H,10-11,19-20,38H2,1-3H3,(H,40,45)(H,42,44)/b29-18-,41-28?. The van der Waals surface area contributed by atoms with E-state index >= 15 is 0 Å². The van der Waals surface area contributed by atoms with Crippen molar-refractivity contribution in [2.75, 3.05) is 11.9 Å². The van der Waals surface area contributed by atoms with Gasteiger partial charge in [0.15, 0.2) is 0 Å². The molecule has 1 atom stereocenters. The number of aliphatic imine (C=N–C) groups is 1. The van der Waals surface area contributed by atoms with E-state index in [-0.39, 0.29) is 24.0 Å². The summed E-state index contributed by atoms with van der Waals surface area (Å²) in [5, 5.41) is 18.6. The largest absolute Gasteiger partial charge is 0.508 e. The Morgan fingerprint density at radius 1 is 1.02 bits per heavy atom. The maximum Gasteiger partial charge on any atom is 0.430 e. The van der Waals surface area contributed by atoms with Crippen LogP contribution in [0.2, 0.25) is 0 Å². The third-order valence-corrected chi connectivity index (χ3v) is 6.86. The number of phenols is 1. The maximum atomic E-state index is 13.4. The number of nitrogens with zero attached hydrogens (tertiary/aromatic N) is 1. The number of amides is 2. The molecule has 2 amide bonds. The summed E-state index contributed by atoms with van der Waals surface area (Å²) in [6, 6.07) is 19.8. The van der Waals surface area contributed by atoms with Gasteiger partial charge >= 0.3 is 12.3 Å². The van der Waals surface area contributed by atoms with Crippen LogP contribution < -0.4 is 21.7 Å². The molecule has 0 radical (unpaired) electrons. The van der Waals surface area contributed by atoms with Crippen molar-refractivity contribution in [3.8, 4) is 5.75 Å². The number of carbonyl (C=O) groups is 2. The highest BCUT2D eigenvalue weighted by Gasteiger charge is 2.32. The summed E-state index contributed by atoms with van der Waals surface area (Å²) in [6.07, 6.45) is -2.75. The van der Waals surface area contributed by atoms with Gasteiger partial charge in [0.25, 0.3) is 5.91 Å². The predicted molar refractivity (Wildman–Crippen MR) is 171 cm³/mol. The van der Waals surface area contributed by atoms with Crippen molar-refractivity contribution < 1.29 is 32.6 Å². The molecule has 6 N–H and O–H groups in total. The summed E-state index contributed by atoms with van der Waals surface area (Å²) >= 11 is 0. The molecule has 46 heavy (non-hydrogen) atoms. The molecule has 3 aromatic rings. The van der Waals surface area contributed by atoms with Crippen LogP contribution in [0.25, 0.3) is 0 Å². The SMILES string of the molecule is CC(C)(C)OC(=O)NCc1cccc(N=C(/C=C(\N)C(F)(F)F)C(=O)Nc2cccc(C(NCC3CC3)c3ccc(O)cc3)c2)c1. The number of ether oxygens (including phenoxy) is 1. The molecule has 244 valence electrons. The zero-order chi connectivity index (χ0) is 33.5. The van der Waals surface area contributed by atoms with Crippen LogP contribution in [0.1, 0.15) is 56.3 Å². The molecule has 0 heterocycles. The van der Waals surface area contributed by atoms with Gasteiger partial charge in [0, 0.05) is 12.2 Å². The first-order valence-electron chi connectivity index (χ1n) is 14.8. The molecule has 0 aromatic heterocycles. The molecular formula is C34H38F3N5O4. The second-order valence-electron chi connectivity index (χ2n) is 12.1. The van der Waals surface area contributed by atoms with Gasteiger partial charge in [0.2, 0.25) is 0 Å². The van der Waals surface area contributed by atoms with Gasteiger partial charge in [-0.3, -0.25) is 4.79 Å².